The molecule has 0 aromatic heterocycles. The molecule has 21 heavy (non-hydrogen) atoms. The third-order valence-corrected chi connectivity index (χ3v) is 3.86. The van der Waals surface area contributed by atoms with Gasteiger partial charge in [0.15, 0.2) is 0 Å². The lowest BCUT2D eigenvalue weighted by Gasteiger charge is -2.18. The van der Waals surface area contributed by atoms with Crippen molar-refractivity contribution in [1.82, 2.24) is 5.32 Å². The molecule has 0 radical (unpaired) electrons. The highest BCUT2D eigenvalue weighted by Crippen LogP contribution is 2.31. The molecule has 1 aromatic rings. The average molecular weight is 323 g/mol. The van der Waals surface area contributed by atoms with Crippen LogP contribution in [0.3, 0.4) is 0 Å². The summed E-state index contributed by atoms with van der Waals surface area (Å²) in [4.78, 5) is 0. The van der Waals surface area contributed by atoms with Crippen LogP contribution in [-0.2, 0) is 6.42 Å². The average Bonchev–Trinajstić information content (AvgIpc) is 2.40. The van der Waals surface area contributed by atoms with E-state index in [9.17, 15) is 17.6 Å². The summed E-state index contributed by atoms with van der Waals surface area (Å²) in [6.07, 6.45) is 2.13. The van der Waals surface area contributed by atoms with Crippen molar-refractivity contribution in [2.75, 3.05) is 18.8 Å². The first kappa shape index (κ1) is 18.3. The largest absolute Gasteiger partial charge is 0.441 e. The first-order chi connectivity index (χ1) is 9.90. The number of halogens is 4. The zero-order valence-electron chi connectivity index (χ0n) is 12.0. The van der Waals surface area contributed by atoms with E-state index >= 15 is 0 Å². The quantitative estimate of drug-likeness (QED) is 0.525. The van der Waals surface area contributed by atoms with Crippen molar-refractivity contribution in [3.63, 3.8) is 0 Å². The number of hydrogen-bond donors (Lipinski definition) is 1. The number of rotatable bonds is 9. The summed E-state index contributed by atoms with van der Waals surface area (Å²) < 4.78 is 49.4. The summed E-state index contributed by atoms with van der Waals surface area (Å²) in [5, 5.41) is 3.25. The summed E-state index contributed by atoms with van der Waals surface area (Å²) in [6.45, 7) is 3.58. The Morgan fingerprint density at radius 3 is 2.43 bits per heavy atom. The Morgan fingerprint density at radius 2 is 1.86 bits per heavy atom. The molecule has 6 heteroatoms. The van der Waals surface area contributed by atoms with Gasteiger partial charge in [-0.05, 0) is 56.0 Å². The Labute approximate surface area is 127 Å². The van der Waals surface area contributed by atoms with Crippen molar-refractivity contribution >= 4 is 11.8 Å². The van der Waals surface area contributed by atoms with E-state index in [0.717, 1.165) is 18.5 Å². The van der Waals surface area contributed by atoms with Crippen molar-refractivity contribution in [2.24, 2.45) is 5.92 Å². The van der Waals surface area contributed by atoms with Gasteiger partial charge in [-0.15, -0.1) is 0 Å². The molecule has 0 saturated carbocycles. The van der Waals surface area contributed by atoms with E-state index in [0.29, 0.717) is 19.4 Å². The van der Waals surface area contributed by atoms with Gasteiger partial charge in [-0.2, -0.15) is 13.2 Å². The van der Waals surface area contributed by atoms with Gasteiger partial charge in [0.2, 0.25) is 0 Å². The maximum Gasteiger partial charge on any atom is 0.441 e. The molecule has 1 aromatic carbocycles. The maximum atomic E-state index is 12.9. The van der Waals surface area contributed by atoms with Gasteiger partial charge in [-0.3, -0.25) is 0 Å². The van der Waals surface area contributed by atoms with Crippen LogP contribution >= 0.6 is 11.8 Å². The van der Waals surface area contributed by atoms with Crippen LogP contribution in [0.15, 0.2) is 24.3 Å². The molecular formula is C15H21F4NS. The van der Waals surface area contributed by atoms with Crippen LogP contribution in [0, 0.1) is 11.7 Å². The van der Waals surface area contributed by atoms with Gasteiger partial charge in [-0.1, -0.05) is 30.8 Å². The zero-order chi connectivity index (χ0) is 15.7. The minimum atomic E-state index is -4.17. The van der Waals surface area contributed by atoms with Gasteiger partial charge in [-0.25, -0.2) is 4.39 Å². The van der Waals surface area contributed by atoms with Gasteiger partial charge in [0, 0.05) is 5.75 Å². The molecule has 0 bridgehead atoms. The normalized spacial score (nSPS) is 13.4. The molecule has 0 aliphatic heterocycles. The molecular weight excluding hydrogens is 302 g/mol. The summed E-state index contributed by atoms with van der Waals surface area (Å²) in [5.74, 6) is -0.118. The minimum Gasteiger partial charge on any atom is -0.316 e. The summed E-state index contributed by atoms with van der Waals surface area (Å²) >= 11 is 0.0263. The highest BCUT2D eigenvalue weighted by Gasteiger charge is 2.28. The molecule has 0 saturated heterocycles. The third kappa shape index (κ3) is 8.98. The Hall–Kier alpha value is -0.750. The Kier molecular flexibility index (Phi) is 8.11. The molecule has 1 unspecified atom stereocenters. The summed E-state index contributed by atoms with van der Waals surface area (Å²) in [6, 6.07) is 6.16. The molecule has 1 nitrogen and oxygen atoms in total. The number of nitrogens with one attached hydrogen (secondary N) is 1. The number of benzene rings is 1. The predicted molar refractivity (Wildman–Crippen MR) is 79.9 cm³/mol. The van der Waals surface area contributed by atoms with Crippen LogP contribution in [0.4, 0.5) is 17.6 Å². The van der Waals surface area contributed by atoms with Crippen molar-refractivity contribution in [3.8, 4) is 0 Å². The van der Waals surface area contributed by atoms with E-state index in [1.54, 1.807) is 12.1 Å². The molecule has 0 amide bonds. The molecule has 0 fully saturated rings. The van der Waals surface area contributed by atoms with Gasteiger partial charge in [0.05, 0.1) is 0 Å². The first-order valence-electron chi connectivity index (χ1n) is 7.06. The van der Waals surface area contributed by atoms with Crippen LogP contribution in [-0.4, -0.2) is 24.4 Å². The number of thioether (sulfide) groups is 1. The van der Waals surface area contributed by atoms with Gasteiger partial charge < -0.3 is 5.32 Å². The molecule has 0 heterocycles. The van der Waals surface area contributed by atoms with Gasteiger partial charge in [0.25, 0.3) is 0 Å². The van der Waals surface area contributed by atoms with Crippen LogP contribution in [0.5, 0.6) is 0 Å². The van der Waals surface area contributed by atoms with Crippen LogP contribution in [0.1, 0.15) is 25.3 Å². The molecule has 1 rings (SSSR count). The van der Waals surface area contributed by atoms with Gasteiger partial charge in [0.1, 0.15) is 5.82 Å². The summed E-state index contributed by atoms with van der Waals surface area (Å²) in [7, 11) is 0. The molecule has 1 atom stereocenters. The minimum absolute atomic E-state index is 0.0263. The lowest BCUT2D eigenvalue weighted by atomic mass is 9.97. The Morgan fingerprint density at radius 1 is 1.19 bits per heavy atom. The van der Waals surface area contributed by atoms with Crippen molar-refractivity contribution in [2.45, 2.75) is 31.7 Å². The third-order valence-electron chi connectivity index (χ3n) is 3.09. The SMILES string of the molecule is CCCNCC(CCSC(F)(F)F)Cc1ccc(F)cc1. The molecule has 1 N–H and O–H groups in total. The van der Waals surface area contributed by atoms with Gasteiger partial charge >= 0.3 is 5.51 Å². The van der Waals surface area contributed by atoms with Crippen molar-refractivity contribution < 1.29 is 17.6 Å². The Bertz CT molecular complexity index is 392. The van der Waals surface area contributed by atoms with E-state index in [1.807, 2.05) is 6.92 Å². The molecule has 120 valence electrons. The number of alkyl halides is 3. The maximum absolute atomic E-state index is 12.9. The van der Waals surface area contributed by atoms with Crippen LogP contribution in [0.2, 0.25) is 0 Å². The van der Waals surface area contributed by atoms with E-state index < -0.39 is 5.51 Å². The predicted octanol–water partition coefficient (Wildman–Crippen LogP) is 4.63. The standard InChI is InChI=1S/C15H21F4NS/c1-2-8-20-11-13(7-9-21-15(17,18)19)10-12-3-5-14(16)6-4-12/h3-6,13,20H,2,7-11H2,1H3. The topological polar surface area (TPSA) is 12.0 Å². The second-order valence-corrected chi connectivity index (χ2v) is 6.14. The number of hydrogen-bond acceptors (Lipinski definition) is 2. The Balaban J connectivity index is 2.48. The van der Waals surface area contributed by atoms with E-state index in [1.165, 1.54) is 12.1 Å². The van der Waals surface area contributed by atoms with E-state index in [4.69, 9.17) is 0 Å². The smallest absolute Gasteiger partial charge is 0.316 e. The lowest BCUT2D eigenvalue weighted by molar-refractivity contribution is -0.0328. The molecule has 0 aliphatic rings. The second kappa shape index (κ2) is 9.30. The zero-order valence-corrected chi connectivity index (χ0v) is 12.9. The highest BCUT2D eigenvalue weighted by molar-refractivity contribution is 8.00. The highest BCUT2D eigenvalue weighted by atomic mass is 32.2. The fourth-order valence-corrected chi connectivity index (χ4v) is 2.74. The van der Waals surface area contributed by atoms with Crippen molar-refractivity contribution in [3.05, 3.63) is 35.6 Å². The van der Waals surface area contributed by atoms with Crippen LogP contribution in [0.25, 0.3) is 0 Å². The van der Waals surface area contributed by atoms with Crippen molar-refractivity contribution in [1.29, 1.82) is 0 Å². The molecule has 0 spiro atoms. The summed E-state index contributed by atoms with van der Waals surface area (Å²) in [5.41, 5.74) is -3.21. The molecule has 0 aliphatic carbocycles. The van der Waals surface area contributed by atoms with E-state index in [2.05, 4.69) is 5.32 Å². The van der Waals surface area contributed by atoms with E-state index in [-0.39, 0.29) is 29.2 Å². The fraction of sp³-hybridized carbons (Fsp3) is 0.600. The first-order valence-corrected chi connectivity index (χ1v) is 8.05. The monoisotopic (exact) mass is 323 g/mol. The lowest BCUT2D eigenvalue weighted by Crippen LogP contribution is -2.25. The second-order valence-electron chi connectivity index (χ2n) is 4.98. The van der Waals surface area contributed by atoms with Crippen LogP contribution < -0.4 is 5.32 Å². The fourth-order valence-electron chi connectivity index (χ4n) is 2.05.